The number of benzene rings is 2. The van der Waals surface area contributed by atoms with Crippen LogP contribution in [-0.4, -0.2) is 20.4 Å². The smallest absolute Gasteiger partial charge is 0.322 e. The van der Waals surface area contributed by atoms with Gasteiger partial charge in [-0.3, -0.25) is 4.79 Å². The average molecular weight is 355 g/mol. The topological polar surface area (TPSA) is 35.5 Å². The lowest BCUT2D eigenvalue weighted by molar-refractivity contribution is -0.150. The molecule has 132 valence electrons. The summed E-state index contributed by atoms with van der Waals surface area (Å²) in [5.74, 6) is -0.572. The minimum atomic E-state index is -2.01. The van der Waals surface area contributed by atoms with E-state index < -0.39 is 14.4 Å². The molecule has 0 aliphatic carbocycles. The first-order valence-electron chi connectivity index (χ1n) is 8.46. The van der Waals surface area contributed by atoms with Crippen molar-refractivity contribution < 1.29 is 14.0 Å². The second kappa shape index (κ2) is 8.79. The van der Waals surface area contributed by atoms with Gasteiger partial charge in [-0.2, -0.15) is 0 Å². The van der Waals surface area contributed by atoms with Crippen LogP contribution in [0.25, 0.3) is 0 Å². The van der Waals surface area contributed by atoms with Crippen molar-refractivity contribution in [2.24, 2.45) is 0 Å². The molecular weight excluding hydrogens is 328 g/mol. The number of hydrogen-bond acceptors (Lipinski definition) is 3. The number of carbonyl (C=O) groups is 1. The van der Waals surface area contributed by atoms with Crippen LogP contribution in [0.1, 0.15) is 17.0 Å². The lowest BCUT2D eigenvalue weighted by Crippen LogP contribution is -2.39. The van der Waals surface area contributed by atoms with Gasteiger partial charge in [0.15, 0.2) is 6.10 Å². The van der Waals surface area contributed by atoms with Gasteiger partial charge in [0.1, 0.15) is 0 Å². The Balaban J connectivity index is 2.23. The summed E-state index contributed by atoms with van der Waals surface area (Å²) in [6.07, 6.45) is 1.04. The van der Waals surface area contributed by atoms with E-state index in [9.17, 15) is 4.79 Å². The summed E-state index contributed by atoms with van der Waals surface area (Å²) in [5, 5.41) is 0. The van der Waals surface area contributed by atoms with E-state index in [0.29, 0.717) is 6.61 Å². The first-order chi connectivity index (χ1) is 11.9. The van der Waals surface area contributed by atoms with Crippen molar-refractivity contribution >= 4 is 14.3 Å². The van der Waals surface area contributed by atoms with Crippen molar-refractivity contribution in [3.63, 3.8) is 0 Å². The number of carbonyl (C=O) groups excluding carboxylic acids is 1. The van der Waals surface area contributed by atoms with Crippen LogP contribution < -0.4 is 0 Å². The predicted octanol–water partition coefficient (Wildman–Crippen LogP) is 4.92. The number of rotatable bonds is 8. The highest BCUT2D eigenvalue weighted by molar-refractivity contribution is 6.71. The first-order valence-corrected chi connectivity index (χ1v) is 11.9. The Morgan fingerprint density at radius 2 is 1.60 bits per heavy atom. The molecule has 2 atom stereocenters. The van der Waals surface area contributed by atoms with Gasteiger partial charge >= 0.3 is 5.97 Å². The Kier molecular flexibility index (Phi) is 6.73. The minimum Gasteiger partial charge on any atom is -0.518 e. The highest BCUT2D eigenvalue weighted by Gasteiger charge is 2.33. The predicted molar refractivity (Wildman–Crippen MR) is 104 cm³/mol. The molecule has 2 unspecified atom stereocenters. The van der Waals surface area contributed by atoms with E-state index in [1.165, 1.54) is 0 Å². The second-order valence-corrected chi connectivity index (χ2v) is 11.4. The standard InChI is InChI=1S/C21H26O3Si/c1-5-19(18-14-10-7-11-15-18)20(21(22)24-25(2,3)4)23-16-17-12-8-6-9-13-17/h5-15,19-20H,1,16H2,2-4H3. The van der Waals surface area contributed by atoms with E-state index in [0.717, 1.165) is 11.1 Å². The zero-order chi connectivity index (χ0) is 18.3. The van der Waals surface area contributed by atoms with Crippen molar-refractivity contribution in [1.82, 2.24) is 0 Å². The molecule has 0 fully saturated rings. The molecule has 0 spiro atoms. The minimum absolute atomic E-state index is 0.256. The molecule has 0 amide bonds. The molecule has 2 aromatic rings. The molecule has 0 aliphatic heterocycles. The van der Waals surface area contributed by atoms with Crippen molar-refractivity contribution in [1.29, 1.82) is 0 Å². The summed E-state index contributed by atoms with van der Waals surface area (Å²) in [7, 11) is -2.01. The zero-order valence-electron chi connectivity index (χ0n) is 15.1. The molecule has 2 aromatic carbocycles. The molecule has 0 aromatic heterocycles. The largest absolute Gasteiger partial charge is 0.518 e. The summed E-state index contributed by atoms with van der Waals surface area (Å²) in [6.45, 7) is 10.2. The van der Waals surface area contributed by atoms with Crippen molar-refractivity contribution in [2.45, 2.75) is 38.3 Å². The van der Waals surface area contributed by atoms with E-state index in [-0.39, 0.29) is 11.9 Å². The Bertz CT molecular complexity index is 677. The molecule has 0 aliphatic rings. The van der Waals surface area contributed by atoms with Gasteiger partial charge in [0.25, 0.3) is 0 Å². The fourth-order valence-electron chi connectivity index (χ4n) is 2.55. The van der Waals surface area contributed by atoms with Crippen LogP contribution >= 0.6 is 0 Å². The maximum Gasteiger partial charge on any atom is 0.322 e. The van der Waals surface area contributed by atoms with Crippen LogP contribution in [0.4, 0.5) is 0 Å². The Hall–Kier alpha value is -2.17. The van der Waals surface area contributed by atoms with Crippen molar-refractivity contribution in [3.05, 3.63) is 84.4 Å². The summed E-state index contributed by atoms with van der Waals surface area (Å²) in [6, 6.07) is 19.6. The van der Waals surface area contributed by atoms with Gasteiger partial charge in [-0.05, 0) is 30.8 Å². The molecule has 0 radical (unpaired) electrons. The van der Waals surface area contributed by atoms with E-state index in [4.69, 9.17) is 9.16 Å². The van der Waals surface area contributed by atoms with E-state index in [1.807, 2.05) is 80.3 Å². The molecule has 3 nitrogen and oxygen atoms in total. The van der Waals surface area contributed by atoms with Crippen LogP contribution in [-0.2, 0) is 20.6 Å². The molecule has 0 bridgehead atoms. The lowest BCUT2D eigenvalue weighted by Gasteiger charge is -2.27. The normalized spacial score (nSPS) is 13.7. The molecule has 0 N–H and O–H groups in total. The van der Waals surface area contributed by atoms with Gasteiger partial charge in [-0.25, -0.2) is 0 Å². The van der Waals surface area contributed by atoms with Gasteiger partial charge in [0.2, 0.25) is 8.32 Å². The van der Waals surface area contributed by atoms with Gasteiger partial charge in [-0.15, -0.1) is 6.58 Å². The molecule has 4 heteroatoms. The summed E-state index contributed by atoms with van der Waals surface area (Å²) in [5.41, 5.74) is 2.01. The molecule has 0 heterocycles. The van der Waals surface area contributed by atoms with Crippen molar-refractivity contribution in [2.75, 3.05) is 0 Å². The highest BCUT2D eigenvalue weighted by atomic mass is 28.4. The summed E-state index contributed by atoms with van der Waals surface area (Å²) >= 11 is 0. The third kappa shape index (κ3) is 6.00. The fraction of sp³-hybridized carbons (Fsp3) is 0.286. The highest BCUT2D eigenvalue weighted by Crippen LogP contribution is 2.26. The second-order valence-electron chi connectivity index (χ2n) is 6.92. The third-order valence-electron chi connectivity index (χ3n) is 3.68. The first kappa shape index (κ1) is 19.2. The lowest BCUT2D eigenvalue weighted by atomic mass is 9.93. The van der Waals surface area contributed by atoms with Crippen LogP contribution in [0.3, 0.4) is 0 Å². The SMILES string of the molecule is C=CC(c1ccccc1)C(OCc1ccccc1)C(=O)O[Si](C)(C)C. The van der Waals surface area contributed by atoms with Crippen LogP contribution in [0.2, 0.25) is 19.6 Å². The van der Waals surface area contributed by atoms with Crippen molar-refractivity contribution in [3.8, 4) is 0 Å². The Morgan fingerprint density at radius 3 is 2.12 bits per heavy atom. The van der Waals surface area contributed by atoms with Crippen LogP contribution in [0.5, 0.6) is 0 Å². The number of hydrogen-bond donors (Lipinski definition) is 0. The molecule has 2 rings (SSSR count). The molecule has 0 saturated carbocycles. The molecule has 0 saturated heterocycles. The van der Waals surface area contributed by atoms with E-state index in [1.54, 1.807) is 6.08 Å². The third-order valence-corrected chi connectivity index (χ3v) is 4.49. The van der Waals surface area contributed by atoms with Crippen LogP contribution in [0.15, 0.2) is 73.3 Å². The monoisotopic (exact) mass is 354 g/mol. The summed E-state index contributed by atoms with van der Waals surface area (Å²) in [4.78, 5) is 12.8. The van der Waals surface area contributed by atoms with E-state index in [2.05, 4.69) is 6.58 Å². The maximum atomic E-state index is 12.8. The molecular formula is C21H26O3Si. The summed E-state index contributed by atoms with van der Waals surface area (Å²) < 4.78 is 11.7. The average Bonchev–Trinajstić information content (AvgIpc) is 2.58. The fourth-order valence-corrected chi connectivity index (χ4v) is 3.27. The van der Waals surface area contributed by atoms with Gasteiger partial charge in [0.05, 0.1) is 6.61 Å². The quantitative estimate of drug-likeness (QED) is 0.498. The van der Waals surface area contributed by atoms with Gasteiger partial charge in [0, 0.05) is 5.92 Å². The molecule has 25 heavy (non-hydrogen) atoms. The number of ether oxygens (including phenoxy) is 1. The maximum absolute atomic E-state index is 12.8. The Labute approximate surface area is 151 Å². The van der Waals surface area contributed by atoms with E-state index >= 15 is 0 Å². The Morgan fingerprint density at radius 1 is 1.04 bits per heavy atom. The van der Waals surface area contributed by atoms with Crippen LogP contribution in [0, 0.1) is 0 Å². The van der Waals surface area contributed by atoms with Gasteiger partial charge < -0.3 is 9.16 Å². The zero-order valence-corrected chi connectivity index (χ0v) is 16.1. The van der Waals surface area contributed by atoms with Gasteiger partial charge in [-0.1, -0.05) is 66.7 Å².